The quantitative estimate of drug-likeness (QED) is 0.421. The first kappa shape index (κ1) is 25.1. The number of rotatable bonds is 7. The molecule has 3 aliphatic heterocycles. The summed E-state index contributed by atoms with van der Waals surface area (Å²) in [5.74, 6) is -1.32. The van der Waals surface area contributed by atoms with Gasteiger partial charge >= 0.3 is 0 Å². The number of ether oxygens (including phenoxy) is 3. The Kier molecular flexibility index (Phi) is 5.91. The molecule has 0 N–H and O–H groups in total. The topological polar surface area (TPSA) is 113 Å². The molecule has 3 aromatic carbocycles. The highest BCUT2D eigenvalue weighted by Crippen LogP contribution is 2.64. The largest absolute Gasteiger partial charge is 0.493 e. The van der Waals surface area contributed by atoms with Crippen molar-refractivity contribution in [2.75, 3.05) is 18.6 Å². The molecule has 0 aromatic heterocycles. The van der Waals surface area contributed by atoms with Gasteiger partial charge in [-0.2, -0.15) is 10.5 Å². The monoisotopic (exact) mass is 521 g/mol. The van der Waals surface area contributed by atoms with Crippen molar-refractivity contribution in [1.82, 2.24) is 0 Å². The number of nitrogens with zero attached hydrogens (tertiary/aromatic N) is 3. The van der Waals surface area contributed by atoms with Gasteiger partial charge in [-0.15, -0.1) is 0 Å². The van der Waals surface area contributed by atoms with E-state index in [-0.39, 0.29) is 24.5 Å². The van der Waals surface area contributed by atoms with Gasteiger partial charge in [-0.1, -0.05) is 31.2 Å². The summed E-state index contributed by atoms with van der Waals surface area (Å²) in [5.41, 5.74) is -0.328. The van der Waals surface area contributed by atoms with Crippen molar-refractivity contribution in [2.24, 2.45) is 11.8 Å². The lowest BCUT2D eigenvalue weighted by atomic mass is 9.64. The molecule has 6 rings (SSSR count). The minimum atomic E-state index is -0.919. The lowest BCUT2D eigenvalue weighted by Gasteiger charge is -2.36. The third kappa shape index (κ3) is 3.49. The molecule has 3 fully saturated rings. The second kappa shape index (κ2) is 9.20. The summed E-state index contributed by atoms with van der Waals surface area (Å²) in [6, 6.07) is 21.8. The Labute approximate surface area is 226 Å². The number of benzene rings is 3. The van der Waals surface area contributed by atoms with Crippen LogP contribution in [0.4, 0.5) is 5.69 Å². The fourth-order valence-corrected chi connectivity index (χ4v) is 7.01. The predicted octanol–water partition coefficient (Wildman–Crippen LogP) is 4.49. The highest BCUT2D eigenvalue weighted by molar-refractivity contribution is 6.26. The first-order valence-electron chi connectivity index (χ1n) is 13.1. The molecule has 2 bridgehead atoms. The molecule has 196 valence electrons. The molecule has 3 heterocycles. The van der Waals surface area contributed by atoms with Gasteiger partial charge in [-0.3, -0.25) is 9.59 Å². The van der Waals surface area contributed by atoms with E-state index in [4.69, 9.17) is 19.5 Å². The van der Waals surface area contributed by atoms with Gasteiger partial charge in [0.2, 0.25) is 11.8 Å². The number of carbonyl (C=O) groups excluding carboxylic acids is 2. The summed E-state index contributed by atoms with van der Waals surface area (Å²) in [6.07, 6.45) is 1.06. The van der Waals surface area contributed by atoms with Gasteiger partial charge in [0.25, 0.3) is 0 Å². The van der Waals surface area contributed by atoms with Crippen LogP contribution < -0.4 is 9.64 Å². The van der Waals surface area contributed by atoms with Crippen LogP contribution in [-0.4, -0.2) is 42.8 Å². The highest BCUT2D eigenvalue weighted by Gasteiger charge is 2.78. The third-order valence-corrected chi connectivity index (χ3v) is 8.75. The van der Waals surface area contributed by atoms with Crippen LogP contribution in [0.1, 0.15) is 37.3 Å². The van der Waals surface area contributed by atoms with Crippen LogP contribution in [0.5, 0.6) is 5.75 Å². The van der Waals surface area contributed by atoms with E-state index in [1.54, 1.807) is 43.5 Å². The number of hydrogen-bond acceptors (Lipinski definition) is 7. The van der Waals surface area contributed by atoms with Gasteiger partial charge in [0.05, 0.1) is 59.1 Å². The van der Waals surface area contributed by atoms with Crippen molar-refractivity contribution < 1.29 is 23.8 Å². The summed E-state index contributed by atoms with van der Waals surface area (Å²) in [5, 5.41) is 20.0. The van der Waals surface area contributed by atoms with Crippen molar-refractivity contribution in [3.05, 3.63) is 71.8 Å². The fourth-order valence-electron chi connectivity index (χ4n) is 7.01. The normalized spacial score (nSPS) is 28.9. The van der Waals surface area contributed by atoms with Crippen LogP contribution in [0.2, 0.25) is 0 Å². The Morgan fingerprint density at radius 1 is 0.974 bits per heavy atom. The third-order valence-electron chi connectivity index (χ3n) is 8.75. The molecule has 0 saturated carbocycles. The molecule has 3 aliphatic rings. The number of amides is 2. The van der Waals surface area contributed by atoms with Crippen molar-refractivity contribution in [3.63, 3.8) is 0 Å². The maximum atomic E-state index is 14.2. The van der Waals surface area contributed by atoms with E-state index in [0.29, 0.717) is 52.6 Å². The van der Waals surface area contributed by atoms with Crippen LogP contribution in [0.25, 0.3) is 10.8 Å². The van der Waals surface area contributed by atoms with Crippen molar-refractivity contribution in [1.29, 1.82) is 10.5 Å². The van der Waals surface area contributed by atoms with E-state index in [1.807, 2.05) is 31.2 Å². The molecule has 3 unspecified atom stereocenters. The Balaban J connectivity index is 1.37. The average Bonchev–Trinajstić information content (AvgIpc) is 3.56. The summed E-state index contributed by atoms with van der Waals surface area (Å²) >= 11 is 0. The SMILES string of the molecule is CCC12OC(CCOc3ccc(C#N)cc3)(C[C@@H]1OC)C1C(=O)N(c3ccc(C#N)c4ccccc34)C(=O)[C@H]12. The lowest BCUT2D eigenvalue weighted by Crippen LogP contribution is -2.51. The lowest BCUT2D eigenvalue weighted by molar-refractivity contribution is -0.138. The van der Waals surface area contributed by atoms with Gasteiger partial charge in [-0.05, 0) is 42.8 Å². The number of methoxy groups -OCH3 is 1. The molecular formula is C31H27N3O5. The first-order valence-corrected chi connectivity index (χ1v) is 13.1. The van der Waals surface area contributed by atoms with E-state index >= 15 is 0 Å². The maximum Gasteiger partial charge on any atom is 0.240 e. The van der Waals surface area contributed by atoms with Crippen molar-refractivity contribution in [3.8, 4) is 17.9 Å². The fraction of sp³-hybridized carbons (Fsp3) is 0.355. The summed E-state index contributed by atoms with van der Waals surface area (Å²) < 4.78 is 18.6. The number of hydrogen-bond donors (Lipinski definition) is 0. The summed E-state index contributed by atoms with van der Waals surface area (Å²) in [4.78, 5) is 29.7. The van der Waals surface area contributed by atoms with E-state index in [0.717, 1.165) is 0 Å². The van der Waals surface area contributed by atoms with Crippen LogP contribution in [0.15, 0.2) is 60.7 Å². The smallest absolute Gasteiger partial charge is 0.240 e. The van der Waals surface area contributed by atoms with Crippen molar-refractivity contribution >= 4 is 28.3 Å². The minimum Gasteiger partial charge on any atom is -0.493 e. The second-order valence-electron chi connectivity index (χ2n) is 10.4. The van der Waals surface area contributed by atoms with E-state index in [9.17, 15) is 14.9 Å². The Hall–Kier alpha value is -4.24. The van der Waals surface area contributed by atoms with Gasteiger partial charge in [0.1, 0.15) is 11.4 Å². The zero-order valence-electron chi connectivity index (χ0n) is 21.7. The standard InChI is InChI=1S/C31H27N3O5/c1-3-31-25(37-2)16-30(39-31,14-15-38-21-11-8-19(17-32)9-12-21)26-27(31)29(36)34(28(26)35)24-13-10-20(18-33)22-6-4-5-7-23(22)24/h4-13,25-27H,3,14-16H2,1-2H3/t25-,26?,27-,30?,31?/m0/s1. The number of imide groups is 1. The number of nitriles is 2. The highest BCUT2D eigenvalue weighted by atomic mass is 16.6. The predicted molar refractivity (Wildman–Crippen MR) is 142 cm³/mol. The molecule has 0 radical (unpaired) electrons. The molecule has 3 saturated heterocycles. The second-order valence-corrected chi connectivity index (χ2v) is 10.4. The summed E-state index contributed by atoms with van der Waals surface area (Å²) in [6.45, 7) is 2.24. The Morgan fingerprint density at radius 3 is 2.36 bits per heavy atom. The minimum absolute atomic E-state index is 0.270. The molecule has 8 nitrogen and oxygen atoms in total. The number of anilines is 1. The molecule has 8 heteroatoms. The Bertz CT molecular complexity index is 1570. The number of fused-ring (bicyclic) bond motifs is 6. The van der Waals surface area contributed by atoms with Crippen LogP contribution in [0.3, 0.4) is 0 Å². The van der Waals surface area contributed by atoms with E-state index < -0.39 is 23.0 Å². The number of carbonyl (C=O) groups is 2. The van der Waals surface area contributed by atoms with Gasteiger partial charge in [-0.25, -0.2) is 4.90 Å². The molecule has 0 aliphatic carbocycles. The molecule has 0 spiro atoms. The van der Waals surface area contributed by atoms with Gasteiger partial charge < -0.3 is 14.2 Å². The van der Waals surface area contributed by atoms with E-state index in [1.165, 1.54) is 4.90 Å². The molecular weight excluding hydrogens is 494 g/mol. The zero-order valence-corrected chi connectivity index (χ0v) is 21.7. The van der Waals surface area contributed by atoms with Gasteiger partial charge in [0.15, 0.2) is 0 Å². The average molecular weight is 522 g/mol. The van der Waals surface area contributed by atoms with Crippen LogP contribution >= 0.6 is 0 Å². The van der Waals surface area contributed by atoms with E-state index in [2.05, 4.69) is 12.1 Å². The maximum absolute atomic E-state index is 14.2. The van der Waals surface area contributed by atoms with Gasteiger partial charge in [0, 0.05) is 30.7 Å². The Morgan fingerprint density at radius 2 is 1.69 bits per heavy atom. The molecule has 2 amide bonds. The zero-order chi connectivity index (χ0) is 27.4. The first-order chi connectivity index (χ1) is 18.9. The molecule has 5 atom stereocenters. The van der Waals surface area contributed by atoms with Crippen LogP contribution in [0, 0.1) is 34.5 Å². The van der Waals surface area contributed by atoms with Crippen LogP contribution in [-0.2, 0) is 19.1 Å². The summed E-state index contributed by atoms with van der Waals surface area (Å²) in [7, 11) is 1.62. The van der Waals surface area contributed by atoms with Crippen molar-refractivity contribution in [2.45, 2.75) is 43.5 Å². The molecule has 3 aromatic rings. The molecule has 39 heavy (non-hydrogen) atoms.